The zero-order valence-corrected chi connectivity index (χ0v) is 13.5. The third-order valence-electron chi connectivity index (χ3n) is 3.48. The summed E-state index contributed by atoms with van der Waals surface area (Å²) in [7, 11) is 0. The van der Waals surface area contributed by atoms with Crippen molar-refractivity contribution in [2.24, 2.45) is 0 Å². The Hall–Kier alpha value is -2.89. The lowest BCUT2D eigenvalue weighted by Crippen LogP contribution is -2.24. The first-order valence-electron chi connectivity index (χ1n) is 7.84. The van der Waals surface area contributed by atoms with Gasteiger partial charge in [0.05, 0.1) is 11.5 Å². The van der Waals surface area contributed by atoms with Crippen molar-refractivity contribution in [2.45, 2.75) is 19.8 Å². The third-order valence-corrected chi connectivity index (χ3v) is 3.48. The molecule has 6 heteroatoms. The van der Waals surface area contributed by atoms with Crippen LogP contribution in [-0.2, 0) is 6.42 Å². The summed E-state index contributed by atoms with van der Waals surface area (Å²) in [4.78, 5) is 22.2. The van der Waals surface area contributed by atoms with Gasteiger partial charge in [-0.3, -0.25) is 14.9 Å². The smallest absolute Gasteiger partial charge is 0.270 e. The summed E-state index contributed by atoms with van der Waals surface area (Å²) in [6, 6.07) is 13.6. The highest BCUT2D eigenvalue weighted by atomic mass is 16.6. The molecule has 1 N–H and O–H groups in total. The van der Waals surface area contributed by atoms with Crippen LogP contribution in [0.3, 0.4) is 0 Å². The maximum absolute atomic E-state index is 12.0. The first-order valence-corrected chi connectivity index (χ1v) is 7.84. The zero-order valence-electron chi connectivity index (χ0n) is 13.5. The summed E-state index contributed by atoms with van der Waals surface area (Å²) in [6.07, 6.45) is 1.62. The molecule has 0 spiro atoms. The van der Waals surface area contributed by atoms with Crippen molar-refractivity contribution < 1.29 is 14.5 Å². The highest BCUT2D eigenvalue weighted by Crippen LogP contribution is 2.14. The van der Waals surface area contributed by atoms with Crippen molar-refractivity contribution in [3.63, 3.8) is 0 Å². The first-order chi connectivity index (χ1) is 11.6. The SMILES string of the molecule is CCOc1ccc(CCCNC(=O)c2cccc([N+](=O)[O-])c2)cc1. The molecule has 0 aliphatic heterocycles. The molecular weight excluding hydrogens is 308 g/mol. The van der Waals surface area contributed by atoms with Crippen molar-refractivity contribution in [3.05, 3.63) is 69.8 Å². The maximum atomic E-state index is 12.0. The summed E-state index contributed by atoms with van der Waals surface area (Å²) >= 11 is 0. The number of rotatable bonds is 8. The second-order valence-corrected chi connectivity index (χ2v) is 5.24. The van der Waals surface area contributed by atoms with Crippen LogP contribution in [-0.4, -0.2) is 24.0 Å². The van der Waals surface area contributed by atoms with Gasteiger partial charge < -0.3 is 10.1 Å². The first kappa shape index (κ1) is 17.5. The van der Waals surface area contributed by atoms with Crippen LogP contribution in [0.1, 0.15) is 29.3 Å². The monoisotopic (exact) mass is 328 g/mol. The Labute approximate surface area is 140 Å². The van der Waals surface area contributed by atoms with E-state index in [2.05, 4.69) is 5.32 Å². The van der Waals surface area contributed by atoms with Crippen LogP contribution in [0.15, 0.2) is 48.5 Å². The fourth-order valence-corrected chi connectivity index (χ4v) is 2.28. The van der Waals surface area contributed by atoms with Gasteiger partial charge in [0.2, 0.25) is 0 Å². The molecule has 0 aliphatic rings. The summed E-state index contributed by atoms with van der Waals surface area (Å²) in [5.74, 6) is 0.547. The van der Waals surface area contributed by atoms with Crippen LogP contribution >= 0.6 is 0 Å². The minimum Gasteiger partial charge on any atom is -0.494 e. The molecule has 0 aromatic heterocycles. The van der Waals surface area contributed by atoms with E-state index in [1.165, 1.54) is 23.8 Å². The van der Waals surface area contributed by atoms with Crippen molar-refractivity contribution in [3.8, 4) is 5.75 Å². The lowest BCUT2D eigenvalue weighted by Gasteiger charge is -2.07. The van der Waals surface area contributed by atoms with Gasteiger partial charge in [-0.2, -0.15) is 0 Å². The van der Waals surface area contributed by atoms with Crippen molar-refractivity contribution >= 4 is 11.6 Å². The average molecular weight is 328 g/mol. The Morgan fingerprint density at radius 2 is 1.96 bits per heavy atom. The van der Waals surface area contributed by atoms with Gasteiger partial charge in [0.1, 0.15) is 5.75 Å². The number of carbonyl (C=O) groups is 1. The number of carbonyl (C=O) groups excluding carboxylic acids is 1. The number of benzene rings is 2. The van der Waals surface area contributed by atoms with Gasteiger partial charge in [-0.15, -0.1) is 0 Å². The molecular formula is C18H20N2O4. The summed E-state index contributed by atoms with van der Waals surface area (Å²) in [6.45, 7) is 3.09. The van der Waals surface area contributed by atoms with Gasteiger partial charge in [0.15, 0.2) is 0 Å². The Balaban J connectivity index is 1.78. The van der Waals surface area contributed by atoms with E-state index in [0.29, 0.717) is 18.7 Å². The molecule has 0 aliphatic carbocycles. The zero-order chi connectivity index (χ0) is 17.4. The molecule has 126 valence electrons. The van der Waals surface area contributed by atoms with E-state index in [1.807, 2.05) is 31.2 Å². The predicted molar refractivity (Wildman–Crippen MR) is 91.4 cm³/mol. The molecule has 0 radical (unpaired) electrons. The molecule has 0 heterocycles. The number of nitro benzene ring substituents is 1. The van der Waals surface area contributed by atoms with Crippen LogP contribution in [0.4, 0.5) is 5.69 Å². The van der Waals surface area contributed by atoms with Gasteiger partial charge in [0, 0.05) is 24.2 Å². The summed E-state index contributed by atoms with van der Waals surface area (Å²) in [5, 5.41) is 13.5. The van der Waals surface area contributed by atoms with E-state index in [9.17, 15) is 14.9 Å². The summed E-state index contributed by atoms with van der Waals surface area (Å²) < 4.78 is 5.39. The number of hydrogen-bond acceptors (Lipinski definition) is 4. The number of aryl methyl sites for hydroxylation is 1. The van der Waals surface area contributed by atoms with Crippen LogP contribution < -0.4 is 10.1 Å². The Morgan fingerprint density at radius 3 is 2.62 bits per heavy atom. The molecule has 0 saturated carbocycles. The number of ether oxygens (including phenoxy) is 1. The van der Waals surface area contributed by atoms with E-state index in [0.717, 1.165) is 18.6 Å². The molecule has 2 rings (SSSR count). The summed E-state index contributed by atoms with van der Waals surface area (Å²) in [5.41, 5.74) is 1.38. The predicted octanol–water partition coefficient (Wildman–Crippen LogP) is 3.36. The van der Waals surface area contributed by atoms with Gasteiger partial charge >= 0.3 is 0 Å². The molecule has 24 heavy (non-hydrogen) atoms. The quantitative estimate of drug-likeness (QED) is 0.458. The second-order valence-electron chi connectivity index (χ2n) is 5.24. The topological polar surface area (TPSA) is 81.5 Å². The maximum Gasteiger partial charge on any atom is 0.270 e. The van der Waals surface area contributed by atoms with Crippen molar-refractivity contribution in [2.75, 3.05) is 13.2 Å². The second kappa shape index (κ2) is 8.67. The average Bonchev–Trinajstić information content (AvgIpc) is 2.60. The molecule has 6 nitrogen and oxygen atoms in total. The van der Waals surface area contributed by atoms with Gasteiger partial charge in [0.25, 0.3) is 11.6 Å². The number of nitrogens with one attached hydrogen (secondary N) is 1. The number of non-ortho nitro benzene ring substituents is 1. The molecule has 0 bridgehead atoms. The highest BCUT2D eigenvalue weighted by molar-refractivity contribution is 5.94. The normalized spacial score (nSPS) is 10.2. The number of nitrogens with zero attached hydrogens (tertiary/aromatic N) is 1. The standard InChI is InChI=1S/C18H20N2O4/c1-2-24-17-10-8-14(9-11-17)5-4-12-19-18(21)15-6-3-7-16(13-15)20(22)23/h3,6-11,13H,2,4-5,12H2,1H3,(H,19,21). The molecule has 0 atom stereocenters. The van der Waals surface area contributed by atoms with Crippen LogP contribution in [0.2, 0.25) is 0 Å². The Morgan fingerprint density at radius 1 is 1.21 bits per heavy atom. The van der Waals surface area contributed by atoms with Gasteiger partial charge in [-0.25, -0.2) is 0 Å². The van der Waals surface area contributed by atoms with Gasteiger partial charge in [-0.1, -0.05) is 18.2 Å². The lowest BCUT2D eigenvalue weighted by atomic mass is 10.1. The van der Waals surface area contributed by atoms with E-state index >= 15 is 0 Å². The Bertz CT molecular complexity index is 698. The fourth-order valence-electron chi connectivity index (χ4n) is 2.28. The number of hydrogen-bond donors (Lipinski definition) is 1. The van der Waals surface area contributed by atoms with E-state index in [1.54, 1.807) is 6.07 Å². The van der Waals surface area contributed by atoms with Gasteiger partial charge in [-0.05, 0) is 43.5 Å². The van der Waals surface area contributed by atoms with E-state index in [-0.39, 0.29) is 11.6 Å². The third kappa shape index (κ3) is 5.08. The van der Waals surface area contributed by atoms with E-state index in [4.69, 9.17) is 4.74 Å². The molecule has 1 amide bonds. The van der Waals surface area contributed by atoms with Crippen molar-refractivity contribution in [1.29, 1.82) is 0 Å². The lowest BCUT2D eigenvalue weighted by molar-refractivity contribution is -0.384. The molecule has 2 aromatic rings. The van der Waals surface area contributed by atoms with Crippen LogP contribution in [0.25, 0.3) is 0 Å². The number of nitro groups is 1. The van der Waals surface area contributed by atoms with Crippen molar-refractivity contribution in [1.82, 2.24) is 5.32 Å². The molecule has 0 unspecified atom stereocenters. The van der Waals surface area contributed by atoms with E-state index < -0.39 is 4.92 Å². The van der Waals surface area contributed by atoms with Crippen LogP contribution in [0.5, 0.6) is 5.75 Å². The van der Waals surface area contributed by atoms with Crippen LogP contribution in [0, 0.1) is 10.1 Å². The Kier molecular flexibility index (Phi) is 6.31. The molecule has 0 saturated heterocycles. The fraction of sp³-hybridized carbons (Fsp3) is 0.278. The molecule has 0 fully saturated rings. The highest BCUT2D eigenvalue weighted by Gasteiger charge is 2.10. The molecule has 2 aromatic carbocycles. The number of amides is 1. The minimum atomic E-state index is -0.511. The minimum absolute atomic E-state index is 0.0861. The largest absolute Gasteiger partial charge is 0.494 e.